The monoisotopic (exact) mass is 778 g/mol. The van der Waals surface area contributed by atoms with Crippen LogP contribution in [0.3, 0.4) is 0 Å². The molecule has 3 aromatic rings. The first-order chi connectivity index (χ1) is 25.8. The maximum Gasteiger partial charge on any atom is 0.325 e. The molecule has 5 rings (SSSR count). The van der Waals surface area contributed by atoms with Gasteiger partial charge in [0.1, 0.15) is 5.75 Å². The molecule has 1 fully saturated rings. The third-order valence-corrected chi connectivity index (χ3v) is 11.1. The number of aryl methyl sites for hydroxylation is 2. The Morgan fingerprint density at radius 3 is 2.51 bits per heavy atom. The minimum Gasteiger partial charge on any atom is -0.493 e. The van der Waals surface area contributed by atoms with Crippen LogP contribution in [0, 0.1) is 12.3 Å². The molecule has 1 saturated heterocycles. The number of anilines is 2. The highest BCUT2D eigenvalue weighted by atomic mass is 32.2. The van der Waals surface area contributed by atoms with Crippen molar-refractivity contribution >= 4 is 33.1 Å². The highest BCUT2D eigenvalue weighted by Gasteiger charge is 2.55. The number of rotatable bonds is 16. The van der Waals surface area contributed by atoms with Gasteiger partial charge in [-0.3, -0.25) is 4.90 Å². The van der Waals surface area contributed by atoms with Gasteiger partial charge in [0.2, 0.25) is 15.8 Å². The standard InChI is InChI=1S/C41H62N8O5S/c1-12-23-53-35-19-16-32(40(9,10)27-39(6,7)8)26-31(35)15-14-28(3)36-44-37-41(30(5)45-49(37)46-36)48(38(50)42-21-24-54-41)34-18-17-33(25-29(34)4)47(13-2)22-20-43-55(11,51)52/h16-19,25-26,28,43H,12-15,20-24,27H2,1-11H3,(H,42,50). The number of nitrogens with zero attached hydrogens (tertiary/aromatic N) is 6. The van der Waals surface area contributed by atoms with E-state index in [1.165, 1.54) is 15.9 Å². The molecule has 302 valence electrons. The van der Waals surface area contributed by atoms with Crippen molar-refractivity contribution in [2.24, 2.45) is 10.5 Å². The molecule has 1 spiro atoms. The van der Waals surface area contributed by atoms with Gasteiger partial charge in [0.05, 0.1) is 30.9 Å². The molecule has 13 nitrogen and oxygen atoms in total. The second kappa shape index (κ2) is 16.6. The van der Waals surface area contributed by atoms with Gasteiger partial charge in [-0.25, -0.2) is 22.9 Å². The number of sulfonamides is 1. The Kier molecular flexibility index (Phi) is 12.7. The number of hydrogen-bond donors (Lipinski definition) is 2. The molecule has 55 heavy (non-hydrogen) atoms. The van der Waals surface area contributed by atoms with Crippen LogP contribution in [0.4, 0.5) is 16.2 Å². The van der Waals surface area contributed by atoms with Gasteiger partial charge in [0.25, 0.3) is 5.72 Å². The fourth-order valence-corrected chi connectivity index (χ4v) is 8.40. The first-order valence-corrected chi connectivity index (χ1v) is 21.5. The summed E-state index contributed by atoms with van der Waals surface area (Å²) >= 11 is 0. The number of hydrogen-bond acceptors (Lipinski definition) is 9. The average molecular weight is 779 g/mol. The van der Waals surface area contributed by atoms with E-state index in [-0.39, 0.29) is 35.9 Å². The first kappa shape index (κ1) is 42.1. The lowest BCUT2D eigenvalue weighted by molar-refractivity contribution is 0.0145. The summed E-state index contributed by atoms with van der Waals surface area (Å²) in [5, 5.41) is 12.6. The molecule has 3 heterocycles. The van der Waals surface area contributed by atoms with Gasteiger partial charge in [-0.05, 0) is 98.2 Å². The molecular weight excluding hydrogens is 717 g/mol. The van der Waals surface area contributed by atoms with Gasteiger partial charge in [-0.2, -0.15) is 5.10 Å². The fraction of sp³-hybridized carbons (Fsp3) is 0.610. The van der Waals surface area contributed by atoms with Crippen LogP contribution in [-0.2, 0) is 32.3 Å². The van der Waals surface area contributed by atoms with Crippen LogP contribution >= 0.6 is 0 Å². The zero-order valence-corrected chi connectivity index (χ0v) is 35.6. The predicted octanol–water partition coefficient (Wildman–Crippen LogP) is 6.84. The van der Waals surface area contributed by atoms with E-state index in [1.807, 2.05) is 39.0 Å². The Morgan fingerprint density at radius 1 is 1.11 bits per heavy atom. The molecule has 2 aliphatic rings. The van der Waals surface area contributed by atoms with Gasteiger partial charge in [0.15, 0.2) is 5.82 Å². The van der Waals surface area contributed by atoms with Gasteiger partial charge < -0.3 is 19.7 Å². The molecule has 2 aliphatic heterocycles. The van der Waals surface area contributed by atoms with E-state index in [0.29, 0.717) is 49.3 Å². The summed E-state index contributed by atoms with van der Waals surface area (Å²) in [5.41, 5.74) is 4.21. The van der Waals surface area contributed by atoms with E-state index < -0.39 is 15.7 Å². The zero-order chi connectivity index (χ0) is 40.3. The zero-order valence-electron chi connectivity index (χ0n) is 34.7. The van der Waals surface area contributed by atoms with Crippen LogP contribution in [0.15, 0.2) is 41.5 Å². The van der Waals surface area contributed by atoms with Gasteiger partial charge in [0, 0.05) is 37.8 Å². The van der Waals surface area contributed by atoms with Crippen molar-refractivity contribution in [2.75, 3.05) is 55.4 Å². The van der Waals surface area contributed by atoms with Crippen molar-refractivity contribution in [3.8, 4) is 5.75 Å². The highest BCUT2D eigenvalue weighted by Crippen LogP contribution is 2.43. The Hall–Kier alpha value is -4.01. The first-order valence-electron chi connectivity index (χ1n) is 19.6. The second-order valence-corrected chi connectivity index (χ2v) is 18.7. The van der Waals surface area contributed by atoms with Gasteiger partial charge >= 0.3 is 6.03 Å². The number of carbonyl (C=O) groups is 1. The molecule has 0 aliphatic carbocycles. The molecule has 1 aromatic heterocycles. The van der Waals surface area contributed by atoms with Crippen molar-refractivity contribution in [2.45, 2.75) is 112 Å². The predicted molar refractivity (Wildman–Crippen MR) is 220 cm³/mol. The van der Waals surface area contributed by atoms with Crippen molar-refractivity contribution in [3.63, 3.8) is 0 Å². The summed E-state index contributed by atoms with van der Waals surface area (Å²) in [6.45, 7) is 24.2. The van der Waals surface area contributed by atoms with Crippen LogP contribution < -0.4 is 24.6 Å². The summed E-state index contributed by atoms with van der Waals surface area (Å²) in [4.78, 5) is 24.3. The average Bonchev–Trinajstić information content (AvgIpc) is 3.56. The summed E-state index contributed by atoms with van der Waals surface area (Å²) in [6.07, 6.45) is 4.71. The van der Waals surface area contributed by atoms with Crippen molar-refractivity contribution in [1.29, 1.82) is 0 Å². The number of aromatic nitrogens is 3. The minimum absolute atomic E-state index is 0.000745. The van der Waals surface area contributed by atoms with E-state index in [0.717, 1.165) is 48.9 Å². The van der Waals surface area contributed by atoms with Crippen LogP contribution in [-0.4, -0.2) is 80.7 Å². The lowest BCUT2D eigenvalue weighted by Gasteiger charge is -2.38. The van der Waals surface area contributed by atoms with E-state index in [9.17, 15) is 13.2 Å². The summed E-state index contributed by atoms with van der Waals surface area (Å²) in [6, 6.07) is 12.2. The molecule has 0 saturated carbocycles. The number of nitrogens with one attached hydrogen (secondary N) is 2. The normalized spacial score (nSPS) is 18.2. The number of carbonyl (C=O) groups excluding carboxylic acids is 1. The summed E-state index contributed by atoms with van der Waals surface area (Å²) in [5.74, 6) is 1.97. The quantitative estimate of drug-likeness (QED) is 0.161. The largest absolute Gasteiger partial charge is 0.493 e. The molecule has 2 N–H and O–H groups in total. The number of ether oxygens (including phenoxy) is 2. The minimum atomic E-state index is -3.30. The third-order valence-electron chi connectivity index (χ3n) is 10.3. The highest BCUT2D eigenvalue weighted by molar-refractivity contribution is 7.88. The molecule has 0 radical (unpaired) electrons. The maximum atomic E-state index is 14.0. The van der Waals surface area contributed by atoms with Crippen molar-refractivity contribution in [3.05, 3.63) is 64.7 Å². The SMILES string of the molecule is CCCOc1ccc(C(C)(C)CC(C)(C)C)cc1CCC(C)c1nc2n(n1)N=C(C)C21OCCNC(=O)N1c1ccc(N(CC)CCNS(C)(=O)=O)cc1C. The topological polar surface area (TPSA) is 143 Å². The third kappa shape index (κ3) is 9.52. The van der Waals surface area contributed by atoms with E-state index in [1.54, 1.807) is 4.90 Å². The number of fused-ring (bicyclic) bond motifs is 2. The fourth-order valence-electron chi connectivity index (χ4n) is 7.94. The van der Waals surface area contributed by atoms with Gasteiger partial charge in [-0.1, -0.05) is 60.6 Å². The number of amides is 2. The summed E-state index contributed by atoms with van der Waals surface area (Å²) in [7, 11) is -3.30. The van der Waals surface area contributed by atoms with Gasteiger partial charge in [-0.15, -0.1) is 9.89 Å². The summed E-state index contributed by atoms with van der Waals surface area (Å²) < 4.78 is 38.7. The maximum absolute atomic E-state index is 14.0. The van der Waals surface area contributed by atoms with Crippen LogP contribution in [0.2, 0.25) is 0 Å². The van der Waals surface area contributed by atoms with Crippen LogP contribution in [0.1, 0.15) is 116 Å². The lowest BCUT2D eigenvalue weighted by Crippen LogP contribution is -2.56. The molecule has 2 atom stereocenters. The molecule has 0 bridgehead atoms. The number of urea groups is 1. The molecular formula is C41H62N8O5S. The Labute approximate surface area is 328 Å². The second-order valence-electron chi connectivity index (χ2n) is 16.9. The van der Waals surface area contributed by atoms with Crippen LogP contribution in [0.25, 0.3) is 0 Å². The van der Waals surface area contributed by atoms with Crippen molar-refractivity contribution in [1.82, 2.24) is 24.9 Å². The van der Waals surface area contributed by atoms with Crippen molar-refractivity contribution < 1.29 is 22.7 Å². The van der Waals surface area contributed by atoms with Crippen LogP contribution in [0.5, 0.6) is 5.75 Å². The van der Waals surface area contributed by atoms with E-state index in [2.05, 4.69) is 81.6 Å². The Bertz CT molecular complexity index is 1990. The molecule has 2 unspecified atom stereocenters. The smallest absolute Gasteiger partial charge is 0.325 e. The molecule has 2 aromatic carbocycles. The van der Waals surface area contributed by atoms with E-state index >= 15 is 0 Å². The van der Waals surface area contributed by atoms with E-state index in [4.69, 9.17) is 24.7 Å². The number of likely N-dealkylation sites (N-methyl/N-ethyl adjacent to an activating group) is 1. The molecule has 2 amide bonds. The molecule has 14 heteroatoms. The Morgan fingerprint density at radius 2 is 1.85 bits per heavy atom. The lowest BCUT2D eigenvalue weighted by atomic mass is 9.72. The Balaban J connectivity index is 1.43. The number of benzene rings is 2.